The molecule has 0 aliphatic heterocycles. The fourth-order valence-corrected chi connectivity index (χ4v) is 3.03. The second kappa shape index (κ2) is 7.61. The summed E-state index contributed by atoms with van der Waals surface area (Å²) >= 11 is 0. The van der Waals surface area contributed by atoms with E-state index in [-0.39, 0.29) is 5.41 Å². The van der Waals surface area contributed by atoms with Crippen LogP contribution in [0.4, 0.5) is 0 Å². The summed E-state index contributed by atoms with van der Waals surface area (Å²) in [5, 5.41) is 0. The maximum Gasteiger partial charge on any atom is 0.00560 e. The second-order valence-electron chi connectivity index (χ2n) is 5.62. The van der Waals surface area contributed by atoms with Crippen LogP contribution in [-0.2, 0) is 5.41 Å². The van der Waals surface area contributed by atoms with Crippen LogP contribution in [0.1, 0.15) is 24.8 Å². The first-order valence-electron chi connectivity index (χ1n) is 7.65. The van der Waals surface area contributed by atoms with Crippen LogP contribution in [-0.4, -0.2) is 0 Å². The van der Waals surface area contributed by atoms with Crippen molar-refractivity contribution in [3.05, 3.63) is 98.1 Å². The van der Waals surface area contributed by atoms with Gasteiger partial charge in [-0.2, -0.15) is 0 Å². The van der Waals surface area contributed by atoms with Gasteiger partial charge in [-0.25, -0.2) is 0 Å². The summed E-state index contributed by atoms with van der Waals surface area (Å²) in [5.41, 5.74) is 3.78. The minimum atomic E-state index is 0.0221. The van der Waals surface area contributed by atoms with Crippen molar-refractivity contribution in [2.45, 2.75) is 24.7 Å². The number of hydrogen-bond acceptors (Lipinski definition) is 0. The highest BCUT2D eigenvalue weighted by molar-refractivity contribution is 5.63. The summed E-state index contributed by atoms with van der Waals surface area (Å²) in [7, 11) is 0. The molecule has 0 aromatic heterocycles. The Kier molecular flexibility index (Phi) is 5.55. The van der Waals surface area contributed by atoms with Crippen LogP contribution in [0, 0.1) is 6.07 Å². The van der Waals surface area contributed by atoms with Crippen LogP contribution in [0.3, 0.4) is 0 Å². The van der Waals surface area contributed by atoms with Crippen molar-refractivity contribution in [1.82, 2.24) is 0 Å². The van der Waals surface area contributed by atoms with Crippen LogP contribution in [0.25, 0.3) is 11.1 Å². The summed E-state index contributed by atoms with van der Waals surface area (Å²) in [4.78, 5) is 0. The van der Waals surface area contributed by atoms with Crippen molar-refractivity contribution in [2.75, 3.05) is 0 Å². The van der Waals surface area contributed by atoms with Gasteiger partial charge < -0.3 is 0 Å². The lowest BCUT2D eigenvalue weighted by molar-refractivity contribution is 0.442. The molecule has 22 heavy (non-hydrogen) atoms. The highest BCUT2D eigenvalue weighted by Crippen LogP contribution is 2.37. The molecule has 1 radical (unpaired) electrons. The molecule has 0 fully saturated rings. The first-order valence-corrected chi connectivity index (χ1v) is 7.65. The van der Waals surface area contributed by atoms with Gasteiger partial charge in [0.2, 0.25) is 0 Å². The van der Waals surface area contributed by atoms with E-state index in [0.717, 1.165) is 19.3 Å². The van der Waals surface area contributed by atoms with Gasteiger partial charge in [-0.3, -0.25) is 0 Å². The molecule has 0 heteroatoms. The Balaban J connectivity index is 2.38. The summed E-state index contributed by atoms with van der Waals surface area (Å²) in [6.07, 6.45) is 8.75. The minimum absolute atomic E-state index is 0.0221. The maximum atomic E-state index is 3.93. The molecule has 0 bridgehead atoms. The number of hydrogen-bond donors (Lipinski definition) is 0. The fourth-order valence-electron chi connectivity index (χ4n) is 3.03. The lowest BCUT2D eigenvalue weighted by atomic mass is 9.72. The van der Waals surface area contributed by atoms with Gasteiger partial charge in [-0.15, -0.1) is 19.7 Å². The van der Waals surface area contributed by atoms with E-state index in [1.807, 2.05) is 30.4 Å². The Morgan fingerprint density at radius 3 is 1.64 bits per heavy atom. The Morgan fingerprint density at radius 2 is 1.18 bits per heavy atom. The lowest BCUT2D eigenvalue weighted by Gasteiger charge is -2.32. The van der Waals surface area contributed by atoms with Gasteiger partial charge in [-0.05, 0) is 42.0 Å². The van der Waals surface area contributed by atoms with E-state index in [1.54, 1.807) is 0 Å². The van der Waals surface area contributed by atoms with Crippen molar-refractivity contribution in [1.29, 1.82) is 0 Å². The van der Waals surface area contributed by atoms with Crippen LogP contribution >= 0.6 is 0 Å². The lowest BCUT2D eigenvalue weighted by Crippen LogP contribution is -2.24. The largest absolute Gasteiger partial charge is 0.103 e. The van der Waals surface area contributed by atoms with Crippen molar-refractivity contribution in [3.63, 3.8) is 0 Å². The van der Waals surface area contributed by atoms with Crippen molar-refractivity contribution in [3.8, 4) is 11.1 Å². The molecule has 111 valence electrons. The van der Waals surface area contributed by atoms with E-state index in [4.69, 9.17) is 0 Å². The zero-order valence-electron chi connectivity index (χ0n) is 13.1. The molecule has 2 rings (SSSR count). The second-order valence-corrected chi connectivity index (χ2v) is 5.62. The monoisotopic (exact) mass is 287 g/mol. The molecular weight excluding hydrogens is 264 g/mol. The van der Waals surface area contributed by atoms with E-state index >= 15 is 0 Å². The highest BCUT2D eigenvalue weighted by atomic mass is 14.3. The predicted octanol–water partition coefficient (Wildman–Crippen LogP) is 6.12. The molecule has 0 amide bonds. The summed E-state index contributed by atoms with van der Waals surface area (Å²) < 4.78 is 0. The fraction of sp³-hybridized carbons (Fsp3) is 0.182. The third kappa shape index (κ3) is 3.46. The van der Waals surface area contributed by atoms with Crippen molar-refractivity contribution in [2.24, 2.45) is 0 Å². The van der Waals surface area contributed by atoms with Gasteiger partial charge in [0.05, 0.1) is 0 Å². The molecule has 2 aromatic rings. The molecule has 0 atom stereocenters. The van der Waals surface area contributed by atoms with Gasteiger partial charge >= 0.3 is 0 Å². The first kappa shape index (κ1) is 16.0. The van der Waals surface area contributed by atoms with Crippen LogP contribution in [0.2, 0.25) is 0 Å². The average molecular weight is 287 g/mol. The quantitative estimate of drug-likeness (QED) is 0.513. The third-order valence-electron chi connectivity index (χ3n) is 4.15. The zero-order chi connectivity index (χ0) is 15.8. The Labute approximate surface area is 134 Å². The van der Waals surface area contributed by atoms with Crippen molar-refractivity contribution >= 4 is 0 Å². The smallest absolute Gasteiger partial charge is 0.00560 e. The molecule has 0 unspecified atom stereocenters. The van der Waals surface area contributed by atoms with E-state index < -0.39 is 0 Å². The molecule has 2 aromatic carbocycles. The Morgan fingerprint density at radius 1 is 0.727 bits per heavy atom. The van der Waals surface area contributed by atoms with E-state index in [1.165, 1.54) is 16.7 Å². The van der Waals surface area contributed by atoms with Gasteiger partial charge in [-0.1, -0.05) is 66.8 Å². The predicted molar refractivity (Wildman–Crippen MR) is 96.8 cm³/mol. The number of allylic oxidation sites excluding steroid dienone is 3. The molecule has 0 aliphatic carbocycles. The molecule has 0 spiro atoms. The summed E-state index contributed by atoms with van der Waals surface area (Å²) in [5.74, 6) is 0. The summed E-state index contributed by atoms with van der Waals surface area (Å²) in [6.45, 7) is 11.8. The molecule has 0 aliphatic rings. The highest BCUT2D eigenvalue weighted by Gasteiger charge is 2.28. The first-order chi connectivity index (χ1) is 10.8. The van der Waals surface area contributed by atoms with Gasteiger partial charge in [0, 0.05) is 5.41 Å². The Hall–Kier alpha value is -2.34. The number of rotatable bonds is 8. The van der Waals surface area contributed by atoms with Gasteiger partial charge in [0.15, 0.2) is 0 Å². The van der Waals surface area contributed by atoms with Gasteiger partial charge in [0.25, 0.3) is 0 Å². The SMILES string of the molecule is C=CCC(CC=C)(CC=C)c1ccc(-c2cc[c]cc2)cc1. The third-order valence-corrected chi connectivity index (χ3v) is 4.15. The normalized spacial score (nSPS) is 10.9. The topological polar surface area (TPSA) is 0 Å². The van der Waals surface area contributed by atoms with Crippen LogP contribution in [0.15, 0.2) is 86.5 Å². The number of benzene rings is 2. The molecular formula is C22H23. The van der Waals surface area contributed by atoms with E-state index in [0.29, 0.717) is 0 Å². The van der Waals surface area contributed by atoms with Crippen LogP contribution in [0.5, 0.6) is 0 Å². The van der Waals surface area contributed by atoms with Gasteiger partial charge in [0.1, 0.15) is 0 Å². The van der Waals surface area contributed by atoms with Crippen LogP contribution < -0.4 is 0 Å². The Bertz CT molecular complexity index is 590. The summed E-state index contributed by atoms with van der Waals surface area (Å²) in [6, 6.07) is 19.9. The molecule has 0 saturated carbocycles. The van der Waals surface area contributed by atoms with Crippen molar-refractivity contribution < 1.29 is 0 Å². The molecule has 0 heterocycles. The maximum absolute atomic E-state index is 3.93. The molecule has 0 nitrogen and oxygen atoms in total. The minimum Gasteiger partial charge on any atom is -0.103 e. The van der Waals surface area contributed by atoms with E-state index in [9.17, 15) is 0 Å². The standard InChI is InChI=1S/C22H23/c1-4-16-22(17-5-2,18-6-3)21-14-12-20(13-15-21)19-10-8-7-9-11-19/h4-6,8-15H,1-3,16-18H2. The molecule has 0 saturated heterocycles. The zero-order valence-corrected chi connectivity index (χ0v) is 13.1. The average Bonchev–Trinajstić information content (AvgIpc) is 2.56. The van der Waals surface area contributed by atoms with E-state index in [2.05, 4.69) is 62.2 Å². The molecule has 0 N–H and O–H groups in total.